The third-order valence-corrected chi connectivity index (χ3v) is 5.01. The summed E-state index contributed by atoms with van der Waals surface area (Å²) in [5, 5.41) is 19.0. The first-order chi connectivity index (χ1) is 14.9. The molecule has 1 aliphatic rings. The maximum absolute atomic E-state index is 14.4. The number of fused-ring (bicyclic) bond motifs is 1. The van der Waals surface area contributed by atoms with Crippen LogP contribution in [0, 0.1) is 11.6 Å². The van der Waals surface area contributed by atoms with Crippen LogP contribution in [-0.4, -0.2) is 26.8 Å². The first-order valence-corrected chi connectivity index (χ1v) is 9.52. The molecule has 9 heteroatoms. The van der Waals surface area contributed by atoms with Gasteiger partial charge in [-0.15, -0.1) is 0 Å². The van der Waals surface area contributed by atoms with Crippen molar-refractivity contribution in [2.45, 2.75) is 19.4 Å². The van der Waals surface area contributed by atoms with Crippen molar-refractivity contribution in [1.82, 2.24) is 9.78 Å². The highest BCUT2D eigenvalue weighted by Gasteiger charge is 2.30. The SMILES string of the molecule is CCc1ccc(NC(=O)c2cnn3c2NC(C(=O)O)=C[C@H]3c2ccc(F)cc2F)cc1. The molecule has 31 heavy (non-hydrogen) atoms. The van der Waals surface area contributed by atoms with E-state index in [2.05, 4.69) is 15.7 Å². The van der Waals surface area contributed by atoms with Gasteiger partial charge >= 0.3 is 5.97 Å². The van der Waals surface area contributed by atoms with Gasteiger partial charge in [0.1, 0.15) is 34.8 Å². The maximum atomic E-state index is 14.4. The highest BCUT2D eigenvalue weighted by molar-refractivity contribution is 6.08. The summed E-state index contributed by atoms with van der Waals surface area (Å²) in [4.78, 5) is 24.5. The van der Waals surface area contributed by atoms with Crippen LogP contribution in [0.3, 0.4) is 0 Å². The molecule has 2 heterocycles. The quantitative estimate of drug-likeness (QED) is 0.576. The van der Waals surface area contributed by atoms with Crippen molar-refractivity contribution in [3.63, 3.8) is 0 Å². The van der Waals surface area contributed by atoms with E-state index < -0.39 is 29.6 Å². The zero-order chi connectivity index (χ0) is 22.1. The van der Waals surface area contributed by atoms with Crippen LogP contribution < -0.4 is 10.6 Å². The van der Waals surface area contributed by atoms with E-state index in [4.69, 9.17) is 0 Å². The molecule has 0 fully saturated rings. The third-order valence-electron chi connectivity index (χ3n) is 5.01. The number of carboxylic acids is 1. The zero-order valence-electron chi connectivity index (χ0n) is 16.4. The van der Waals surface area contributed by atoms with Gasteiger partial charge in [-0.3, -0.25) is 4.79 Å². The number of hydrogen-bond donors (Lipinski definition) is 3. The largest absolute Gasteiger partial charge is 0.477 e. The molecule has 0 spiro atoms. The van der Waals surface area contributed by atoms with Gasteiger partial charge in [0.2, 0.25) is 0 Å². The van der Waals surface area contributed by atoms with Crippen LogP contribution in [0.15, 0.2) is 60.4 Å². The van der Waals surface area contributed by atoms with Gasteiger partial charge in [-0.05, 0) is 36.3 Å². The van der Waals surface area contributed by atoms with Crippen molar-refractivity contribution >= 4 is 23.4 Å². The molecule has 3 N–H and O–H groups in total. The molecule has 158 valence electrons. The molecular weight excluding hydrogens is 406 g/mol. The Hall–Kier alpha value is -4.01. The Bertz CT molecular complexity index is 1200. The van der Waals surface area contributed by atoms with Gasteiger partial charge in [0.05, 0.1) is 6.20 Å². The number of nitrogens with one attached hydrogen (secondary N) is 2. The summed E-state index contributed by atoms with van der Waals surface area (Å²) in [6.07, 6.45) is 3.38. The van der Waals surface area contributed by atoms with Crippen molar-refractivity contribution in [3.8, 4) is 0 Å². The second-order valence-corrected chi connectivity index (χ2v) is 6.98. The number of allylic oxidation sites excluding steroid dienone is 1. The second-order valence-electron chi connectivity index (χ2n) is 6.98. The van der Waals surface area contributed by atoms with Crippen LogP contribution in [0.5, 0.6) is 0 Å². The normalized spacial score (nSPS) is 14.9. The molecule has 0 saturated heterocycles. The predicted molar refractivity (Wildman–Crippen MR) is 110 cm³/mol. The zero-order valence-corrected chi connectivity index (χ0v) is 16.4. The summed E-state index contributed by atoms with van der Waals surface area (Å²) in [5.41, 5.74) is 1.53. The van der Waals surface area contributed by atoms with E-state index in [9.17, 15) is 23.5 Å². The Morgan fingerprint density at radius 1 is 1.19 bits per heavy atom. The number of aryl methyl sites for hydroxylation is 1. The lowest BCUT2D eigenvalue weighted by Gasteiger charge is -2.24. The number of nitrogens with zero attached hydrogens (tertiary/aromatic N) is 2. The van der Waals surface area contributed by atoms with Gasteiger partial charge in [-0.25, -0.2) is 18.3 Å². The summed E-state index contributed by atoms with van der Waals surface area (Å²) >= 11 is 0. The number of benzene rings is 2. The Morgan fingerprint density at radius 2 is 1.94 bits per heavy atom. The van der Waals surface area contributed by atoms with E-state index >= 15 is 0 Å². The van der Waals surface area contributed by atoms with E-state index in [0.29, 0.717) is 11.8 Å². The van der Waals surface area contributed by atoms with Crippen molar-refractivity contribution in [3.05, 3.63) is 88.8 Å². The van der Waals surface area contributed by atoms with Crippen LogP contribution in [-0.2, 0) is 11.2 Å². The molecule has 0 unspecified atom stereocenters. The Kier molecular flexibility index (Phi) is 5.24. The van der Waals surface area contributed by atoms with Crippen molar-refractivity contribution in [1.29, 1.82) is 0 Å². The van der Waals surface area contributed by atoms with Crippen LogP contribution >= 0.6 is 0 Å². The monoisotopic (exact) mass is 424 g/mol. The number of amides is 1. The minimum Gasteiger partial charge on any atom is -0.477 e. The summed E-state index contributed by atoms with van der Waals surface area (Å²) in [6, 6.07) is 9.33. The minimum absolute atomic E-state index is 0.0214. The lowest BCUT2D eigenvalue weighted by atomic mass is 10.0. The van der Waals surface area contributed by atoms with E-state index in [0.717, 1.165) is 18.1 Å². The standard InChI is InChI=1S/C22H18F2N4O3/c1-2-12-3-6-14(7-4-12)26-21(29)16-11-25-28-19(10-18(22(30)31)27-20(16)28)15-8-5-13(23)9-17(15)24/h3-11,19,27H,2H2,1H3,(H,26,29)(H,30,31)/t19-/m0/s1. The Morgan fingerprint density at radius 3 is 2.58 bits per heavy atom. The fourth-order valence-corrected chi connectivity index (χ4v) is 3.37. The molecule has 0 saturated carbocycles. The fraction of sp³-hybridized carbons (Fsp3) is 0.136. The van der Waals surface area contributed by atoms with E-state index in [1.165, 1.54) is 23.0 Å². The molecule has 0 bridgehead atoms. The number of rotatable bonds is 5. The number of hydrogen-bond acceptors (Lipinski definition) is 4. The van der Waals surface area contributed by atoms with Gasteiger partial charge in [0.15, 0.2) is 0 Å². The van der Waals surface area contributed by atoms with Crippen LogP contribution in [0.1, 0.15) is 34.5 Å². The average molecular weight is 424 g/mol. The molecule has 3 aromatic rings. The molecule has 1 atom stereocenters. The molecule has 7 nitrogen and oxygen atoms in total. The van der Waals surface area contributed by atoms with Gasteiger partial charge in [-0.2, -0.15) is 5.10 Å². The summed E-state index contributed by atoms with van der Waals surface area (Å²) in [5.74, 6) is -3.32. The molecule has 0 radical (unpaired) electrons. The number of anilines is 2. The Balaban J connectivity index is 1.71. The molecule has 1 amide bonds. The summed E-state index contributed by atoms with van der Waals surface area (Å²) in [7, 11) is 0. The predicted octanol–water partition coefficient (Wildman–Crippen LogP) is 3.96. The summed E-state index contributed by atoms with van der Waals surface area (Å²) < 4.78 is 29.0. The highest BCUT2D eigenvalue weighted by Crippen LogP contribution is 2.33. The van der Waals surface area contributed by atoms with Gasteiger partial charge in [-0.1, -0.05) is 25.1 Å². The van der Waals surface area contributed by atoms with Gasteiger partial charge in [0.25, 0.3) is 5.91 Å². The smallest absolute Gasteiger partial charge is 0.352 e. The molecular formula is C22H18F2N4O3. The molecule has 0 aliphatic carbocycles. The number of aliphatic carboxylic acids is 1. The Labute approximate surface area is 176 Å². The first kappa shape index (κ1) is 20.3. The topological polar surface area (TPSA) is 96.3 Å². The molecule has 2 aromatic carbocycles. The lowest BCUT2D eigenvalue weighted by Crippen LogP contribution is -2.26. The number of carboxylic acid groups (broad SMARTS) is 1. The average Bonchev–Trinajstić information content (AvgIpc) is 3.18. The fourth-order valence-electron chi connectivity index (χ4n) is 3.37. The van der Waals surface area contributed by atoms with Crippen LogP contribution in [0.2, 0.25) is 0 Å². The summed E-state index contributed by atoms with van der Waals surface area (Å²) in [6.45, 7) is 2.02. The van der Waals surface area contributed by atoms with Crippen molar-refractivity contribution in [2.75, 3.05) is 10.6 Å². The van der Waals surface area contributed by atoms with E-state index in [-0.39, 0.29) is 22.6 Å². The minimum atomic E-state index is -1.29. The second kappa shape index (κ2) is 8.02. The lowest BCUT2D eigenvalue weighted by molar-refractivity contribution is -0.132. The van der Waals surface area contributed by atoms with Crippen LogP contribution in [0.25, 0.3) is 0 Å². The van der Waals surface area contributed by atoms with Crippen molar-refractivity contribution < 1.29 is 23.5 Å². The van der Waals surface area contributed by atoms with Gasteiger partial charge < -0.3 is 15.7 Å². The van der Waals surface area contributed by atoms with E-state index in [1.807, 2.05) is 19.1 Å². The van der Waals surface area contributed by atoms with Gasteiger partial charge in [0, 0.05) is 17.3 Å². The number of carbonyl (C=O) groups excluding carboxylic acids is 1. The third kappa shape index (κ3) is 3.89. The number of aromatic nitrogens is 2. The highest BCUT2D eigenvalue weighted by atomic mass is 19.1. The number of halogens is 2. The van der Waals surface area contributed by atoms with Crippen LogP contribution in [0.4, 0.5) is 20.3 Å². The van der Waals surface area contributed by atoms with E-state index in [1.54, 1.807) is 12.1 Å². The first-order valence-electron chi connectivity index (χ1n) is 9.52. The molecule has 1 aromatic heterocycles. The van der Waals surface area contributed by atoms with Crippen molar-refractivity contribution in [2.24, 2.45) is 0 Å². The maximum Gasteiger partial charge on any atom is 0.352 e. The molecule has 4 rings (SSSR count). The molecule has 1 aliphatic heterocycles. The number of carbonyl (C=O) groups is 2.